The van der Waals surface area contributed by atoms with Crippen molar-refractivity contribution < 1.29 is 19.2 Å². The number of nitrogens with one attached hydrogen (secondary N) is 1. The van der Waals surface area contributed by atoms with Gasteiger partial charge in [0.25, 0.3) is 11.8 Å². The molecule has 150 valence electrons. The Morgan fingerprint density at radius 3 is 2.24 bits per heavy atom. The van der Waals surface area contributed by atoms with Crippen LogP contribution < -0.4 is 5.48 Å². The van der Waals surface area contributed by atoms with Crippen LogP contribution in [0.25, 0.3) is 17.7 Å². The standard InChI is InChI=1S/C22H21FN2O3S/c23-19-8-6-18(7-9-19)20(22(27)25-11-13-29-14-12-25)15-17-3-1-16(2-4-17)5-10-21(26)24-28/h1-10,15,28H,11-14H2,(H,24,26). The monoisotopic (exact) mass is 412 g/mol. The SMILES string of the molecule is O=C(C=Cc1ccc(C=C(C(=O)N2CCSCC2)c2ccc(F)cc2)cc1)NO. The van der Waals surface area contributed by atoms with Gasteiger partial charge in [0.05, 0.1) is 0 Å². The van der Waals surface area contributed by atoms with Gasteiger partial charge in [-0.1, -0.05) is 36.4 Å². The van der Waals surface area contributed by atoms with E-state index in [4.69, 9.17) is 5.21 Å². The van der Waals surface area contributed by atoms with E-state index in [0.29, 0.717) is 24.2 Å². The summed E-state index contributed by atoms with van der Waals surface area (Å²) in [5, 5.41) is 8.52. The van der Waals surface area contributed by atoms with Crippen LogP contribution in [0.5, 0.6) is 0 Å². The van der Waals surface area contributed by atoms with Gasteiger partial charge in [-0.2, -0.15) is 11.8 Å². The largest absolute Gasteiger partial charge is 0.337 e. The van der Waals surface area contributed by atoms with Gasteiger partial charge in [-0.15, -0.1) is 0 Å². The normalized spacial score (nSPS) is 14.8. The first kappa shape index (κ1) is 20.8. The first-order chi connectivity index (χ1) is 14.1. The van der Waals surface area contributed by atoms with Gasteiger partial charge >= 0.3 is 0 Å². The third-order valence-corrected chi connectivity index (χ3v) is 5.41. The van der Waals surface area contributed by atoms with Crippen molar-refractivity contribution in [2.45, 2.75) is 0 Å². The zero-order chi connectivity index (χ0) is 20.6. The second kappa shape index (κ2) is 10.0. The maximum absolute atomic E-state index is 13.4. The lowest BCUT2D eigenvalue weighted by Crippen LogP contribution is -2.38. The van der Waals surface area contributed by atoms with Crippen LogP contribution in [0.1, 0.15) is 16.7 Å². The Bertz CT molecular complexity index is 918. The van der Waals surface area contributed by atoms with Gasteiger partial charge in [0.2, 0.25) is 0 Å². The molecule has 0 saturated carbocycles. The van der Waals surface area contributed by atoms with E-state index in [1.807, 2.05) is 28.8 Å². The van der Waals surface area contributed by atoms with Crippen LogP contribution in [0, 0.1) is 5.82 Å². The number of carbonyl (C=O) groups excluding carboxylic acids is 2. The van der Waals surface area contributed by atoms with Crippen LogP contribution in [0.2, 0.25) is 0 Å². The summed E-state index contributed by atoms with van der Waals surface area (Å²) >= 11 is 1.83. The predicted octanol–water partition coefficient (Wildman–Crippen LogP) is 3.46. The van der Waals surface area contributed by atoms with Crippen molar-refractivity contribution in [2.75, 3.05) is 24.6 Å². The average molecular weight is 412 g/mol. The van der Waals surface area contributed by atoms with Gasteiger partial charge in [0, 0.05) is 36.2 Å². The van der Waals surface area contributed by atoms with Gasteiger partial charge < -0.3 is 4.90 Å². The van der Waals surface area contributed by atoms with E-state index in [9.17, 15) is 14.0 Å². The van der Waals surface area contributed by atoms with Crippen molar-refractivity contribution in [1.82, 2.24) is 10.4 Å². The number of halogens is 1. The first-order valence-corrected chi connectivity index (χ1v) is 10.3. The third-order valence-electron chi connectivity index (χ3n) is 4.47. The molecule has 2 aromatic rings. The molecule has 2 aromatic carbocycles. The molecule has 1 heterocycles. The molecule has 1 saturated heterocycles. The van der Waals surface area contributed by atoms with Gasteiger partial charge in [-0.25, -0.2) is 9.87 Å². The Balaban J connectivity index is 1.89. The fourth-order valence-corrected chi connectivity index (χ4v) is 3.82. The highest BCUT2D eigenvalue weighted by atomic mass is 32.2. The van der Waals surface area contributed by atoms with Crippen LogP contribution in [-0.2, 0) is 9.59 Å². The Hall–Kier alpha value is -2.90. The molecule has 3 rings (SSSR count). The van der Waals surface area contributed by atoms with Crippen molar-refractivity contribution in [3.8, 4) is 0 Å². The fourth-order valence-electron chi connectivity index (χ4n) is 2.91. The minimum absolute atomic E-state index is 0.0690. The van der Waals surface area contributed by atoms with E-state index in [1.54, 1.807) is 36.4 Å². The molecule has 2 N–H and O–H groups in total. The highest BCUT2D eigenvalue weighted by molar-refractivity contribution is 7.99. The molecular weight excluding hydrogens is 391 g/mol. The number of hydroxylamine groups is 1. The third kappa shape index (κ3) is 5.79. The van der Waals surface area contributed by atoms with E-state index >= 15 is 0 Å². The van der Waals surface area contributed by atoms with E-state index in [2.05, 4.69) is 0 Å². The van der Waals surface area contributed by atoms with Crippen molar-refractivity contribution in [1.29, 1.82) is 0 Å². The van der Waals surface area contributed by atoms with Gasteiger partial charge in [0.1, 0.15) is 5.82 Å². The Labute approximate surface area is 172 Å². The summed E-state index contributed by atoms with van der Waals surface area (Å²) in [5.41, 5.74) is 4.30. The number of thioether (sulfide) groups is 1. The lowest BCUT2D eigenvalue weighted by atomic mass is 10.0. The summed E-state index contributed by atoms with van der Waals surface area (Å²) in [6.07, 6.45) is 4.58. The maximum Gasteiger partial charge on any atom is 0.267 e. The van der Waals surface area contributed by atoms with Crippen LogP contribution in [0.4, 0.5) is 4.39 Å². The second-order valence-electron chi connectivity index (χ2n) is 6.45. The quantitative estimate of drug-likeness (QED) is 0.342. The topological polar surface area (TPSA) is 69.6 Å². The lowest BCUT2D eigenvalue weighted by Gasteiger charge is -2.27. The molecule has 1 aliphatic rings. The molecule has 0 aromatic heterocycles. The van der Waals surface area contributed by atoms with Crippen molar-refractivity contribution in [3.63, 3.8) is 0 Å². The molecule has 0 radical (unpaired) electrons. The highest BCUT2D eigenvalue weighted by Gasteiger charge is 2.21. The summed E-state index contributed by atoms with van der Waals surface area (Å²) < 4.78 is 13.4. The van der Waals surface area contributed by atoms with Crippen LogP contribution in [-0.4, -0.2) is 46.5 Å². The lowest BCUT2D eigenvalue weighted by molar-refractivity contribution is -0.125. The summed E-state index contributed by atoms with van der Waals surface area (Å²) in [6.45, 7) is 1.39. The van der Waals surface area contributed by atoms with Gasteiger partial charge in [-0.05, 0) is 41.0 Å². The zero-order valence-corrected chi connectivity index (χ0v) is 16.5. The van der Waals surface area contributed by atoms with E-state index in [1.165, 1.54) is 23.7 Å². The van der Waals surface area contributed by atoms with E-state index in [0.717, 1.165) is 22.6 Å². The summed E-state index contributed by atoms with van der Waals surface area (Å²) in [4.78, 5) is 26.0. The molecule has 0 unspecified atom stereocenters. The van der Waals surface area contributed by atoms with E-state index < -0.39 is 5.91 Å². The number of carbonyl (C=O) groups is 2. The molecule has 1 aliphatic heterocycles. The highest BCUT2D eigenvalue weighted by Crippen LogP contribution is 2.23. The van der Waals surface area contributed by atoms with Crippen molar-refractivity contribution >= 4 is 41.3 Å². The number of benzene rings is 2. The number of rotatable bonds is 5. The van der Waals surface area contributed by atoms with Crippen LogP contribution in [0.3, 0.4) is 0 Å². The first-order valence-electron chi connectivity index (χ1n) is 9.14. The smallest absolute Gasteiger partial charge is 0.267 e. The van der Waals surface area contributed by atoms with Gasteiger partial charge in [0.15, 0.2) is 0 Å². The summed E-state index contributed by atoms with van der Waals surface area (Å²) in [7, 11) is 0. The Morgan fingerprint density at radius 1 is 1.00 bits per heavy atom. The van der Waals surface area contributed by atoms with E-state index in [-0.39, 0.29) is 11.7 Å². The molecule has 5 nitrogen and oxygen atoms in total. The average Bonchev–Trinajstić information content (AvgIpc) is 2.77. The number of amides is 2. The summed E-state index contributed by atoms with van der Waals surface area (Å²) in [6, 6.07) is 13.2. The Morgan fingerprint density at radius 2 is 1.62 bits per heavy atom. The predicted molar refractivity (Wildman–Crippen MR) is 114 cm³/mol. The molecule has 0 aliphatic carbocycles. The number of nitrogens with zero attached hydrogens (tertiary/aromatic N) is 1. The Kier molecular flexibility index (Phi) is 7.21. The molecule has 7 heteroatoms. The molecular formula is C22H21FN2O3S. The van der Waals surface area contributed by atoms with Crippen LogP contribution in [0.15, 0.2) is 54.6 Å². The van der Waals surface area contributed by atoms with Crippen molar-refractivity contribution in [3.05, 3.63) is 77.1 Å². The molecule has 1 fully saturated rings. The molecule has 0 bridgehead atoms. The van der Waals surface area contributed by atoms with Crippen molar-refractivity contribution in [2.24, 2.45) is 0 Å². The molecule has 2 amide bonds. The second-order valence-corrected chi connectivity index (χ2v) is 7.67. The number of hydrogen-bond donors (Lipinski definition) is 2. The molecule has 0 atom stereocenters. The zero-order valence-electron chi connectivity index (χ0n) is 15.7. The maximum atomic E-state index is 13.4. The molecule has 0 spiro atoms. The molecule has 29 heavy (non-hydrogen) atoms. The fraction of sp³-hybridized carbons (Fsp3) is 0.182. The van der Waals surface area contributed by atoms with Crippen LogP contribution >= 0.6 is 11.8 Å². The minimum Gasteiger partial charge on any atom is -0.337 e. The summed E-state index contributed by atoms with van der Waals surface area (Å²) in [5.74, 6) is 0.784. The number of hydrogen-bond acceptors (Lipinski definition) is 4. The minimum atomic E-state index is -0.613. The van der Waals surface area contributed by atoms with Gasteiger partial charge in [-0.3, -0.25) is 14.8 Å².